The van der Waals surface area contributed by atoms with Crippen molar-refractivity contribution >= 4 is 30.8 Å². The highest BCUT2D eigenvalue weighted by molar-refractivity contribution is 7.46. The third kappa shape index (κ3) is 3.50. The molecule has 0 saturated carbocycles. The lowest BCUT2D eigenvalue weighted by molar-refractivity contribution is -0.0503. The summed E-state index contributed by atoms with van der Waals surface area (Å²) >= 11 is 0. The minimum absolute atomic E-state index is 0.131. The number of rotatable bonds is 5. The van der Waals surface area contributed by atoms with Gasteiger partial charge in [0.2, 0.25) is 5.95 Å². The first-order valence-corrected chi connectivity index (χ1v) is 9.00. The first-order valence-electron chi connectivity index (χ1n) is 7.47. The second-order valence-corrected chi connectivity index (χ2v) is 7.20. The molecule has 4 unspecified atom stereocenters. The van der Waals surface area contributed by atoms with E-state index in [2.05, 4.69) is 19.5 Å². The Morgan fingerprint density at radius 2 is 2.04 bits per heavy atom. The molecule has 0 spiro atoms. The molecule has 4 atom stereocenters. The highest BCUT2D eigenvalue weighted by Crippen LogP contribution is 2.39. The van der Waals surface area contributed by atoms with Gasteiger partial charge in [0.25, 0.3) is 0 Å². The summed E-state index contributed by atoms with van der Waals surface area (Å²) in [5.41, 5.74) is 6.44. The Kier molecular flexibility index (Phi) is 4.88. The number of nitrogen functional groups attached to an aromatic ring is 1. The number of aliphatic hydroxyl groups excluding tert-OH is 2. The van der Waals surface area contributed by atoms with Crippen molar-refractivity contribution < 1.29 is 33.8 Å². The first kappa shape index (κ1) is 18.9. The molecule has 0 amide bonds. The van der Waals surface area contributed by atoms with Crippen molar-refractivity contribution in [3.63, 3.8) is 0 Å². The number of imidazole rings is 1. The van der Waals surface area contributed by atoms with Gasteiger partial charge in [0, 0.05) is 14.1 Å². The Balaban J connectivity index is 1.92. The second kappa shape index (κ2) is 6.70. The summed E-state index contributed by atoms with van der Waals surface area (Å²) in [6.45, 7) is -0.605. The van der Waals surface area contributed by atoms with E-state index in [4.69, 9.17) is 20.3 Å². The smallest absolute Gasteiger partial charge is 0.387 e. The molecule has 1 saturated heterocycles. The van der Waals surface area contributed by atoms with Gasteiger partial charge in [0.1, 0.15) is 23.8 Å². The van der Waals surface area contributed by atoms with Gasteiger partial charge in [0.05, 0.1) is 12.9 Å². The normalized spacial score (nSPS) is 26.5. The molecule has 1 fully saturated rings. The van der Waals surface area contributed by atoms with Gasteiger partial charge in [-0.2, -0.15) is 9.97 Å². The van der Waals surface area contributed by atoms with Crippen molar-refractivity contribution in [3.05, 3.63) is 6.33 Å². The molecule has 26 heavy (non-hydrogen) atoms. The average molecular weight is 390 g/mol. The molecule has 0 aliphatic carbocycles. The summed E-state index contributed by atoms with van der Waals surface area (Å²) in [5, 5.41) is 20.4. The van der Waals surface area contributed by atoms with Crippen LogP contribution in [0.2, 0.25) is 0 Å². The molecule has 0 radical (unpaired) electrons. The summed E-state index contributed by atoms with van der Waals surface area (Å²) in [4.78, 5) is 31.7. The van der Waals surface area contributed by atoms with Gasteiger partial charge in [-0.15, -0.1) is 0 Å². The summed E-state index contributed by atoms with van der Waals surface area (Å²) in [7, 11) is -1.29. The van der Waals surface area contributed by atoms with E-state index < -0.39 is 39.0 Å². The largest absolute Gasteiger partial charge is 0.469 e. The number of anilines is 2. The molecule has 3 rings (SSSR count). The van der Waals surface area contributed by atoms with E-state index in [1.165, 1.54) is 10.9 Å². The van der Waals surface area contributed by atoms with E-state index in [1.54, 1.807) is 19.0 Å². The van der Waals surface area contributed by atoms with Gasteiger partial charge in [-0.3, -0.25) is 9.09 Å². The molecular formula is C12H19N6O7P. The number of aliphatic hydroxyl groups is 2. The Morgan fingerprint density at radius 3 is 2.65 bits per heavy atom. The van der Waals surface area contributed by atoms with Gasteiger partial charge in [-0.25, -0.2) is 9.55 Å². The predicted octanol–water partition coefficient (Wildman–Crippen LogP) is -1.80. The maximum absolute atomic E-state index is 10.8. The van der Waals surface area contributed by atoms with E-state index in [1.807, 2.05) is 0 Å². The van der Waals surface area contributed by atoms with Crippen LogP contribution in [-0.2, 0) is 13.8 Å². The molecule has 2 aromatic rings. The highest BCUT2D eigenvalue weighted by Gasteiger charge is 2.45. The lowest BCUT2D eigenvalue weighted by atomic mass is 10.1. The number of phosphoric ester groups is 1. The zero-order chi connectivity index (χ0) is 19.2. The van der Waals surface area contributed by atoms with Crippen molar-refractivity contribution in [2.24, 2.45) is 0 Å². The summed E-state index contributed by atoms with van der Waals surface area (Å²) in [5.74, 6) is 0.443. The van der Waals surface area contributed by atoms with Crippen LogP contribution in [0.5, 0.6) is 0 Å². The zero-order valence-corrected chi connectivity index (χ0v) is 14.8. The molecule has 14 heteroatoms. The third-order valence-electron chi connectivity index (χ3n) is 3.85. The van der Waals surface area contributed by atoms with Gasteiger partial charge >= 0.3 is 7.82 Å². The van der Waals surface area contributed by atoms with Crippen LogP contribution in [-0.4, -0.2) is 78.5 Å². The minimum Gasteiger partial charge on any atom is -0.387 e. The maximum atomic E-state index is 10.8. The Labute approximate surface area is 147 Å². The molecule has 0 bridgehead atoms. The van der Waals surface area contributed by atoms with E-state index in [-0.39, 0.29) is 17.0 Å². The standard InChI is InChI=1S/C12H19N6O7P/c1-17(2)12-15-9(13)6-10(16-12)18(4-14-6)11-8(20)7(19)5(25-11)3-24-26(21,22)23/h4-5,7-8,11,19-20H,3H2,1-2H3,(H2,13,15,16)(H2,21,22,23). The lowest BCUT2D eigenvalue weighted by Crippen LogP contribution is -2.33. The molecule has 3 heterocycles. The summed E-state index contributed by atoms with van der Waals surface area (Å²) in [6.07, 6.45) is -3.78. The van der Waals surface area contributed by atoms with E-state index in [0.29, 0.717) is 5.95 Å². The lowest BCUT2D eigenvalue weighted by Gasteiger charge is -2.17. The average Bonchev–Trinajstić information content (AvgIpc) is 3.08. The Hall–Kier alpha value is -1.86. The topological polar surface area (TPSA) is 189 Å². The number of nitrogens with zero attached hydrogens (tertiary/aromatic N) is 5. The number of fused-ring (bicyclic) bond motifs is 1. The van der Waals surface area contributed by atoms with Crippen LogP contribution in [0.4, 0.5) is 11.8 Å². The minimum atomic E-state index is -4.74. The number of nitrogens with two attached hydrogens (primary N) is 1. The van der Waals surface area contributed by atoms with Gasteiger partial charge in [-0.05, 0) is 0 Å². The number of phosphoric acid groups is 1. The number of aromatic nitrogens is 4. The van der Waals surface area contributed by atoms with Gasteiger partial charge < -0.3 is 35.4 Å². The van der Waals surface area contributed by atoms with Crippen molar-refractivity contribution in [2.75, 3.05) is 31.3 Å². The summed E-state index contributed by atoms with van der Waals surface area (Å²) < 4.78 is 22.1. The van der Waals surface area contributed by atoms with Crippen LogP contribution >= 0.6 is 7.82 Å². The van der Waals surface area contributed by atoms with Gasteiger partial charge in [0.15, 0.2) is 17.7 Å². The van der Waals surface area contributed by atoms with E-state index >= 15 is 0 Å². The number of hydrogen-bond donors (Lipinski definition) is 5. The summed E-state index contributed by atoms with van der Waals surface area (Å²) in [6, 6.07) is 0. The molecule has 0 aromatic carbocycles. The Bertz CT molecular complexity index is 854. The fraction of sp³-hybridized carbons (Fsp3) is 0.583. The highest BCUT2D eigenvalue weighted by atomic mass is 31.2. The maximum Gasteiger partial charge on any atom is 0.469 e. The molecule has 144 valence electrons. The molecule has 13 nitrogen and oxygen atoms in total. The quantitative estimate of drug-likeness (QED) is 0.361. The van der Waals surface area contributed by atoms with E-state index in [0.717, 1.165) is 0 Å². The van der Waals surface area contributed by atoms with Crippen LogP contribution in [0.3, 0.4) is 0 Å². The van der Waals surface area contributed by atoms with E-state index in [9.17, 15) is 14.8 Å². The van der Waals surface area contributed by atoms with Crippen LogP contribution in [0.25, 0.3) is 11.2 Å². The van der Waals surface area contributed by atoms with Crippen LogP contribution in [0.1, 0.15) is 6.23 Å². The Morgan fingerprint density at radius 1 is 1.35 bits per heavy atom. The van der Waals surface area contributed by atoms with Crippen molar-refractivity contribution in [3.8, 4) is 0 Å². The molecule has 6 N–H and O–H groups in total. The second-order valence-electron chi connectivity index (χ2n) is 5.96. The molecule has 1 aliphatic rings. The fourth-order valence-corrected chi connectivity index (χ4v) is 2.92. The fourth-order valence-electron chi connectivity index (χ4n) is 2.58. The van der Waals surface area contributed by atoms with Crippen LogP contribution in [0.15, 0.2) is 6.33 Å². The van der Waals surface area contributed by atoms with Gasteiger partial charge in [-0.1, -0.05) is 0 Å². The third-order valence-corrected chi connectivity index (χ3v) is 4.34. The molecule has 2 aromatic heterocycles. The SMILES string of the molecule is CN(C)c1nc(N)c2ncn(C3OC(COP(=O)(O)O)C(O)C3O)c2n1. The monoisotopic (exact) mass is 390 g/mol. The molecule has 1 aliphatic heterocycles. The van der Waals surface area contributed by atoms with Crippen molar-refractivity contribution in [1.82, 2.24) is 19.5 Å². The van der Waals surface area contributed by atoms with Crippen LogP contribution < -0.4 is 10.6 Å². The number of ether oxygens (including phenoxy) is 1. The van der Waals surface area contributed by atoms with Crippen molar-refractivity contribution in [1.29, 1.82) is 0 Å². The first-order chi connectivity index (χ1) is 12.1. The predicted molar refractivity (Wildman–Crippen MR) is 88.0 cm³/mol. The zero-order valence-electron chi connectivity index (χ0n) is 13.9. The van der Waals surface area contributed by atoms with Crippen LogP contribution in [0, 0.1) is 0 Å². The number of hydrogen-bond acceptors (Lipinski definition) is 10. The molecular weight excluding hydrogens is 371 g/mol. The van der Waals surface area contributed by atoms with Crippen molar-refractivity contribution in [2.45, 2.75) is 24.5 Å².